The van der Waals surface area contributed by atoms with Crippen LogP contribution in [0.1, 0.15) is 39.7 Å². The number of cyclic esters (lactones) is 2. The van der Waals surface area contributed by atoms with E-state index >= 15 is 0 Å². The van der Waals surface area contributed by atoms with Crippen LogP contribution in [0.5, 0.6) is 0 Å². The summed E-state index contributed by atoms with van der Waals surface area (Å²) >= 11 is 0. The van der Waals surface area contributed by atoms with Gasteiger partial charge in [-0.25, -0.2) is 9.59 Å². The zero-order valence-electron chi connectivity index (χ0n) is 20.7. The minimum atomic E-state index is -1.34. The van der Waals surface area contributed by atoms with E-state index in [0.29, 0.717) is 11.9 Å². The maximum atomic E-state index is 12.5. The number of carbonyl (C=O) groups is 3. The summed E-state index contributed by atoms with van der Waals surface area (Å²) in [4.78, 5) is 49.8. The molecule has 0 atom stereocenters. The van der Waals surface area contributed by atoms with Crippen LogP contribution in [0.25, 0.3) is 10.8 Å². The molecule has 36 heavy (non-hydrogen) atoms. The topological polar surface area (TPSA) is 128 Å². The van der Waals surface area contributed by atoms with E-state index in [2.05, 4.69) is 5.32 Å². The van der Waals surface area contributed by atoms with Gasteiger partial charge in [-0.2, -0.15) is 0 Å². The smallest absolute Gasteiger partial charge is 0.348 e. The number of benzene rings is 2. The Kier molecular flexibility index (Phi) is 6.07. The molecule has 188 valence electrons. The molecule has 2 heterocycles. The van der Waals surface area contributed by atoms with E-state index in [4.69, 9.17) is 9.47 Å². The first kappa shape index (κ1) is 24.9. The molecule has 1 fully saturated rings. The summed E-state index contributed by atoms with van der Waals surface area (Å²) in [5, 5.41) is 15.4. The van der Waals surface area contributed by atoms with E-state index in [1.165, 1.54) is 32.1 Å². The van der Waals surface area contributed by atoms with E-state index in [1.54, 1.807) is 19.2 Å². The minimum Gasteiger partial charge on any atom is -0.419 e. The molecule has 0 radical (unpaired) electrons. The molecule has 10 heteroatoms. The van der Waals surface area contributed by atoms with Gasteiger partial charge >= 0.3 is 11.9 Å². The zero-order chi connectivity index (χ0) is 26.4. The highest BCUT2D eigenvalue weighted by Crippen LogP contribution is 2.51. The number of fused-ring (bicyclic) bond motifs is 3. The molecule has 0 saturated carbocycles. The molecule has 1 amide bonds. The van der Waals surface area contributed by atoms with Gasteiger partial charge in [0.05, 0.1) is 4.92 Å². The molecule has 1 saturated heterocycles. The molecule has 2 aliphatic rings. The molecule has 0 aliphatic carbocycles. The fraction of sp³-hybridized carbons (Fsp3) is 0.346. The Labute approximate surface area is 207 Å². The number of nitro groups is 1. The fourth-order valence-electron chi connectivity index (χ4n) is 4.73. The molecule has 0 bridgehead atoms. The first-order valence-electron chi connectivity index (χ1n) is 11.4. The van der Waals surface area contributed by atoms with Gasteiger partial charge in [-0.15, -0.1) is 0 Å². The van der Waals surface area contributed by atoms with Gasteiger partial charge in [-0.3, -0.25) is 14.9 Å². The summed E-state index contributed by atoms with van der Waals surface area (Å²) in [6, 6.07) is 8.40. The quantitative estimate of drug-likeness (QED) is 0.220. The molecule has 10 nitrogen and oxygen atoms in total. The van der Waals surface area contributed by atoms with Gasteiger partial charge in [0.1, 0.15) is 5.57 Å². The molecule has 1 N–H and O–H groups in total. The normalized spacial score (nSPS) is 19.1. The lowest BCUT2D eigenvalue weighted by molar-refractivity contribution is -0.384. The number of nitrogens with zero attached hydrogens (tertiary/aromatic N) is 2. The lowest BCUT2D eigenvalue weighted by Crippen LogP contribution is -2.41. The van der Waals surface area contributed by atoms with Gasteiger partial charge in [0.25, 0.3) is 11.5 Å². The van der Waals surface area contributed by atoms with Crippen molar-refractivity contribution in [2.75, 3.05) is 18.5 Å². The third-order valence-electron chi connectivity index (χ3n) is 6.41. The lowest BCUT2D eigenvalue weighted by atomic mass is 9.81. The highest BCUT2D eigenvalue weighted by Gasteiger charge is 2.42. The summed E-state index contributed by atoms with van der Waals surface area (Å²) in [5.74, 6) is -3.05. The van der Waals surface area contributed by atoms with Crippen molar-refractivity contribution < 1.29 is 28.8 Å². The third-order valence-corrected chi connectivity index (χ3v) is 6.41. The van der Waals surface area contributed by atoms with Gasteiger partial charge in [0.15, 0.2) is 0 Å². The van der Waals surface area contributed by atoms with Crippen molar-refractivity contribution in [3.63, 3.8) is 0 Å². The molecule has 0 unspecified atom stereocenters. The number of nitro benzene ring substituents is 1. The highest BCUT2D eigenvalue weighted by molar-refractivity contribution is 6.15. The summed E-state index contributed by atoms with van der Waals surface area (Å²) in [7, 11) is 1.56. The van der Waals surface area contributed by atoms with Crippen molar-refractivity contribution in [2.45, 2.75) is 45.3 Å². The second kappa shape index (κ2) is 8.78. The van der Waals surface area contributed by atoms with Crippen molar-refractivity contribution >= 4 is 40.0 Å². The maximum Gasteiger partial charge on any atom is 0.348 e. The van der Waals surface area contributed by atoms with Crippen LogP contribution in [0.2, 0.25) is 0 Å². The summed E-state index contributed by atoms with van der Waals surface area (Å²) in [6.07, 6.45) is 3.25. The van der Waals surface area contributed by atoms with Crippen LogP contribution in [0, 0.1) is 10.1 Å². The maximum absolute atomic E-state index is 12.5. The molecular weight excluding hydrogens is 466 g/mol. The number of anilines is 1. The van der Waals surface area contributed by atoms with Crippen LogP contribution < -0.4 is 10.2 Å². The second-order valence-electron chi connectivity index (χ2n) is 9.63. The van der Waals surface area contributed by atoms with Crippen LogP contribution in [0.4, 0.5) is 11.4 Å². The Hall–Kier alpha value is -4.21. The Morgan fingerprint density at radius 3 is 2.36 bits per heavy atom. The van der Waals surface area contributed by atoms with Crippen LogP contribution in [-0.4, -0.2) is 42.1 Å². The number of amides is 1. The second-order valence-corrected chi connectivity index (χ2v) is 9.63. The van der Waals surface area contributed by atoms with Crippen LogP contribution >= 0.6 is 0 Å². The molecule has 2 aromatic carbocycles. The summed E-state index contributed by atoms with van der Waals surface area (Å²) < 4.78 is 10.4. The Morgan fingerprint density at radius 1 is 1.08 bits per heavy atom. The number of esters is 2. The number of non-ortho nitro benzene ring substituents is 1. The SMILES string of the molecule is CNC(=O)CCN1/C(=C\C=C2C(=O)OC(C)(C)OC2=O)C(C)(C)c2c1ccc1cc([N+](=O)[O-])ccc21. The van der Waals surface area contributed by atoms with Gasteiger partial charge in [0.2, 0.25) is 5.91 Å². The summed E-state index contributed by atoms with van der Waals surface area (Å²) in [5.41, 5.74) is 1.63. The molecule has 0 spiro atoms. The number of ether oxygens (including phenoxy) is 2. The van der Waals surface area contributed by atoms with E-state index in [1.807, 2.05) is 30.9 Å². The lowest BCUT2D eigenvalue weighted by Gasteiger charge is -2.30. The monoisotopic (exact) mass is 493 g/mol. The standard InChI is InChI=1S/C26H27N3O7/c1-25(2)20(11-9-18-23(31)35-26(3,4)36-24(18)32)28(13-12-21(30)27-5)19-10-6-15-14-16(29(33)34)7-8-17(15)22(19)25/h6-11,14H,12-13H2,1-5H3,(H,27,30)/b20-11-. The summed E-state index contributed by atoms with van der Waals surface area (Å²) in [6.45, 7) is 7.26. The third kappa shape index (κ3) is 4.30. The number of hydrogen-bond donors (Lipinski definition) is 1. The van der Waals surface area contributed by atoms with Crippen molar-refractivity contribution in [3.05, 3.63) is 69.4 Å². The van der Waals surface area contributed by atoms with Crippen molar-refractivity contribution in [1.82, 2.24) is 5.32 Å². The number of hydrogen-bond acceptors (Lipinski definition) is 8. The van der Waals surface area contributed by atoms with Crippen LogP contribution in [0.3, 0.4) is 0 Å². The molecule has 2 aromatic rings. The first-order valence-corrected chi connectivity index (χ1v) is 11.4. The first-order chi connectivity index (χ1) is 16.9. The average Bonchev–Trinajstić information content (AvgIpc) is 3.01. The zero-order valence-corrected chi connectivity index (χ0v) is 20.7. The fourth-order valence-corrected chi connectivity index (χ4v) is 4.73. The van der Waals surface area contributed by atoms with Crippen LogP contribution in [-0.2, 0) is 29.3 Å². The van der Waals surface area contributed by atoms with E-state index < -0.39 is 28.1 Å². The van der Waals surface area contributed by atoms with Gasteiger partial charge < -0.3 is 19.7 Å². The van der Waals surface area contributed by atoms with Crippen molar-refractivity contribution in [1.29, 1.82) is 0 Å². The molecule has 2 aliphatic heterocycles. The largest absolute Gasteiger partial charge is 0.419 e. The van der Waals surface area contributed by atoms with E-state index in [0.717, 1.165) is 22.3 Å². The Morgan fingerprint density at radius 2 is 1.75 bits per heavy atom. The van der Waals surface area contributed by atoms with Gasteiger partial charge in [-0.05, 0) is 40.6 Å². The minimum absolute atomic E-state index is 0.00697. The average molecular weight is 494 g/mol. The van der Waals surface area contributed by atoms with Crippen molar-refractivity contribution in [2.24, 2.45) is 0 Å². The van der Waals surface area contributed by atoms with Crippen molar-refractivity contribution in [3.8, 4) is 0 Å². The van der Waals surface area contributed by atoms with E-state index in [-0.39, 0.29) is 23.6 Å². The molecule has 0 aromatic heterocycles. The van der Waals surface area contributed by atoms with Gasteiger partial charge in [0, 0.05) is 62.8 Å². The predicted octanol–water partition coefficient (Wildman–Crippen LogP) is 3.63. The molecule has 4 rings (SSSR count). The highest BCUT2D eigenvalue weighted by atomic mass is 16.7. The van der Waals surface area contributed by atoms with E-state index in [9.17, 15) is 24.5 Å². The number of allylic oxidation sites excluding steroid dienone is 3. The van der Waals surface area contributed by atoms with Crippen LogP contribution in [0.15, 0.2) is 53.8 Å². The Bertz CT molecular complexity index is 1350. The Balaban J connectivity index is 1.85. The molecular formula is C26H27N3O7. The van der Waals surface area contributed by atoms with Gasteiger partial charge in [-0.1, -0.05) is 19.9 Å². The number of rotatable bonds is 5. The number of carbonyl (C=O) groups excluding carboxylic acids is 3. The number of nitrogens with one attached hydrogen (secondary N) is 1. The predicted molar refractivity (Wildman–Crippen MR) is 132 cm³/mol.